The summed E-state index contributed by atoms with van der Waals surface area (Å²) in [6.45, 7) is 3.44. The van der Waals surface area contributed by atoms with E-state index in [-0.39, 0.29) is 5.54 Å². The molecule has 1 fully saturated rings. The topological polar surface area (TPSA) is 44.5 Å². The molecule has 0 atom stereocenters. The molecule has 0 radical (unpaired) electrons. The van der Waals surface area contributed by atoms with Crippen LogP contribution in [0.25, 0.3) is 0 Å². The number of ether oxygens (including phenoxy) is 2. The van der Waals surface area contributed by atoms with E-state index in [1.807, 2.05) is 6.07 Å². The maximum Gasteiger partial charge on any atom is 0.164 e. The van der Waals surface area contributed by atoms with Crippen LogP contribution in [0.4, 0.5) is 0 Å². The zero-order valence-electron chi connectivity index (χ0n) is 11.0. The lowest BCUT2D eigenvalue weighted by Crippen LogP contribution is -2.34. The Morgan fingerprint density at radius 2 is 1.89 bits per heavy atom. The summed E-state index contributed by atoms with van der Waals surface area (Å²) >= 11 is 0. The van der Waals surface area contributed by atoms with Gasteiger partial charge in [0.05, 0.1) is 0 Å². The SMILES string of the molecule is CCc1c(C2(N)CCCC2)ccc2c1OCCO2. The minimum Gasteiger partial charge on any atom is -0.486 e. The first kappa shape index (κ1) is 11.8. The Morgan fingerprint density at radius 1 is 1.17 bits per heavy atom. The van der Waals surface area contributed by atoms with E-state index in [1.165, 1.54) is 24.0 Å². The van der Waals surface area contributed by atoms with Gasteiger partial charge in [-0.05, 0) is 30.9 Å². The van der Waals surface area contributed by atoms with E-state index in [0.29, 0.717) is 13.2 Å². The lowest BCUT2D eigenvalue weighted by molar-refractivity contribution is 0.169. The average molecular weight is 247 g/mol. The Hall–Kier alpha value is -1.22. The van der Waals surface area contributed by atoms with Gasteiger partial charge in [0.1, 0.15) is 13.2 Å². The summed E-state index contributed by atoms with van der Waals surface area (Å²) in [6.07, 6.45) is 5.57. The third kappa shape index (κ3) is 1.77. The van der Waals surface area contributed by atoms with Crippen LogP contribution in [0.2, 0.25) is 0 Å². The highest BCUT2D eigenvalue weighted by Crippen LogP contribution is 2.44. The van der Waals surface area contributed by atoms with Crippen LogP contribution in [0, 0.1) is 0 Å². The summed E-state index contributed by atoms with van der Waals surface area (Å²) < 4.78 is 11.5. The van der Waals surface area contributed by atoms with Gasteiger partial charge in [-0.1, -0.05) is 25.8 Å². The van der Waals surface area contributed by atoms with E-state index >= 15 is 0 Å². The molecule has 0 aromatic heterocycles. The van der Waals surface area contributed by atoms with Crippen molar-refractivity contribution in [2.45, 2.75) is 44.6 Å². The lowest BCUT2D eigenvalue weighted by Gasteiger charge is -2.30. The zero-order valence-corrected chi connectivity index (χ0v) is 11.0. The number of benzene rings is 1. The third-order valence-electron chi connectivity index (χ3n) is 4.20. The summed E-state index contributed by atoms with van der Waals surface area (Å²) in [5.41, 5.74) is 8.96. The van der Waals surface area contributed by atoms with Crippen LogP contribution in [0.5, 0.6) is 11.5 Å². The molecule has 3 rings (SSSR count). The van der Waals surface area contributed by atoms with Gasteiger partial charge in [0, 0.05) is 11.1 Å². The van der Waals surface area contributed by atoms with E-state index in [0.717, 1.165) is 30.8 Å². The molecule has 98 valence electrons. The van der Waals surface area contributed by atoms with Crippen molar-refractivity contribution in [3.63, 3.8) is 0 Å². The van der Waals surface area contributed by atoms with E-state index < -0.39 is 0 Å². The minimum absolute atomic E-state index is 0.152. The smallest absolute Gasteiger partial charge is 0.164 e. The molecule has 3 heteroatoms. The molecule has 3 nitrogen and oxygen atoms in total. The van der Waals surface area contributed by atoms with E-state index in [4.69, 9.17) is 15.2 Å². The van der Waals surface area contributed by atoms with Gasteiger partial charge < -0.3 is 15.2 Å². The van der Waals surface area contributed by atoms with Gasteiger partial charge in [0.25, 0.3) is 0 Å². The standard InChI is InChI=1S/C15H21NO2/c1-2-11-12(15(16)7-3-4-8-15)5-6-13-14(11)18-10-9-17-13/h5-6H,2-4,7-10,16H2,1H3. The summed E-state index contributed by atoms with van der Waals surface area (Å²) in [5.74, 6) is 1.81. The Labute approximate surface area is 108 Å². The molecule has 1 aliphatic carbocycles. The summed E-state index contributed by atoms with van der Waals surface area (Å²) in [6, 6.07) is 4.17. The van der Waals surface area contributed by atoms with Crippen molar-refractivity contribution in [1.82, 2.24) is 0 Å². The summed E-state index contributed by atoms with van der Waals surface area (Å²) in [4.78, 5) is 0. The molecule has 2 N–H and O–H groups in total. The molecule has 1 aliphatic heterocycles. The third-order valence-corrected chi connectivity index (χ3v) is 4.20. The highest BCUT2D eigenvalue weighted by atomic mass is 16.6. The highest BCUT2D eigenvalue weighted by molar-refractivity contribution is 5.53. The van der Waals surface area contributed by atoms with Crippen LogP contribution in [0.15, 0.2) is 12.1 Å². The number of hydrogen-bond donors (Lipinski definition) is 1. The van der Waals surface area contributed by atoms with Gasteiger partial charge in [0.15, 0.2) is 11.5 Å². The average Bonchev–Trinajstić information content (AvgIpc) is 2.85. The zero-order chi connectivity index (χ0) is 12.6. The molecule has 0 saturated heterocycles. The van der Waals surface area contributed by atoms with Crippen molar-refractivity contribution in [3.05, 3.63) is 23.3 Å². The highest BCUT2D eigenvalue weighted by Gasteiger charge is 2.34. The normalized spacial score (nSPS) is 21.0. The molecule has 18 heavy (non-hydrogen) atoms. The van der Waals surface area contributed by atoms with Crippen LogP contribution in [-0.4, -0.2) is 13.2 Å². The fraction of sp³-hybridized carbons (Fsp3) is 0.600. The predicted octanol–water partition coefficient (Wildman–Crippen LogP) is 2.75. The molecule has 0 unspecified atom stereocenters. The Balaban J connectivity index is 2.09. The Kier molecular flexibility index (Phi) is 2.94. The number of rotatable bonds is 2. The van der Waals surface area contributed by atoms with Crippen LogP contribution in [0.1, 0.15) is 43.7 Å². The van der Waals surface area contributed by atoms with Crippen LogP contribution >= 0.6 is 0 Å². The second kappa shape index (κ2) is 4.47. The Bertz CT molecular complexity index is 450. The summed E-state index contributed by atoms with van der Waals surface area (Å²) in [5, 5.41) is 0. The lowest BCUT2D eigenvalue weighted by atomic mass is 9.84. The van der Waals surface area contributed by atoms with Gasteiger partial charge in [-0.25, -0.2) is 0 Å². The van der Waals surface area contributed by atoms with Crippen molar-refractivity contribution < 1.29 is 9.47 Å². The van der Waals surface area contributed by atoms with Crippen molar-refractivity contribution in [2.24, 2.45) is 5.73 Å². The molecule has 1 aromatic carbocycles. The maximum absolute atomic E-state index is 6.59. The molecule has 2 aliphatic rings. The van der Waals surface area contributed by atoms with E-state index in [1.54, 1.807) is 0 Å². The molecular formula is C15H21NO2. The maximum atomic E-state index is 6.59. The number of nitrogens with two attached hydrogens (primary N) is 1. The molecule has 0 bridgehead atoms. The molecule has 0 spiro atoms. The quantitative estimate of drug-likeness (QED) is 0.874. The number of hydrogen-bond acceptors (Lipinski definition) is 3. The van der Waals surface area contributed by atoms with Gasteiger partial charge in [-0.2, -0.15) is 0 Å². The van der Waals surface area contributed by atoms with Gasteiger partial charge in [0.2, 0.25) is 0 Å². The summed E-state index contributed by atoms with van der Waals surface area (Å²) in [7, 11) is 0. The molecule has 1 aromatic rings. The van der Waals surface area contributed by atoms with E-state index in [2.05, 4.69) is 13.0 Å². The molecule has 0 amide bonds. The largest absolute Gasteiger partial charge is 0.486 e. The van der Waals surface area contributed by atoms with E-state index in [9.17, 15) is 0 Å². The molecule has 1 heterocycles. The minimum atomic E-state index is -0.152. The monoisotopic (exact) mass is 247 g/mol. The van der Waals surface area contributed by atoms with Gasteiger partial charge >= 0.3 is 0 Å². The first-order chi connectivity index (χ1) is 8.74. The second-order valence-corrected chi connectivity index (χ2v) is 5.33. The molecular weight excluding hydrogens is 226 g/mol. The van der Waals surface area contributed by atoms with Crippen molar-refractivity contribution in [1.29, 1.82) is 0 Å². The first-order valence-electron chi connectivity index (χ1n) is 6.95. The van der Waals surface area contributed by atoms with Crippen LogP contribution in [0.3, 0.4) is 0 Å². The van der Waals surface area contributed by atoms with Crippen molar-refractivity contribution >= 4 is 0 Å². The van der Waals surface area contributed by atoms with Gasteiger partial charge in [-0.15, -0.1) is 0 Å². The van der Waals surface area contributed by atoms with Crippen LogP contribution in [-0.2, 0) is 12.0 Å². The van der Waals surface area contributed by atoms with Crippen molar-refractivity contribution in [3.8, 4) is 11.5 Å². The Morgan fingerprint density at radius 3 is 2.61 bits per heavy atom. The molecule has 1 saturated carbocycles. The van der Waals surface area contributed by atoms with Crippen molar-refractivity contribution in [2.75, 3.05) is 13.2 Å². The van der Waals surface area contributed by atoms with Crippen LogP contribution < -0.4 is 15.2 Å². The number of fused-ring (bicyclic) bond motifs is 1. The van der Waals surface area contributed by atoms with Gasteiger partial charge in [-0.3, -0.25) is 0 Å². The first-order valence-corrected chi connectivity index (χ1v) is 6.95. The predicted molar refractivity (Wildman–Crippen MR) is 71.1 cm³/mol. The fourth-order valence-electron chi connectivity index (χ4n) is 3.27. The second-order valence-electron chi connectivity index (χ2n) is 5.33. The fourth-order valence-corrected chi connectivity index (χ4v) is 3.27.